The molecule has 0 saturated heterocycles. The molecule has 2 aromatic heterocycles. The van der Waals surface area contributed by atoms with Gasteiger partial charge in [0.15, 0.2) is 0 Å². The number of thioether (sulfide) groups is 1. The summed E-state index contributed by atoms with van der Waals surface area (Å²) in [7, 11) is 0. The van der Waals surface area contributed by atoms with Crippen LogP contribution in [0, 0.1) is 6.92 Å². The number of aryl methyl sites for hydroxylation is 1. The summed E-state index contributed by atoms with van der Waals surface area (Å²) < 4.78 is 2.15. The highest BCUT2D eigenvalue weighted by molar-refractivity contribution is 8.00. The van der Waals surface area contributed by atoms with Gasteiger partial charge in [-0.25, -0.2) is 0 Å². The number of benzene rings is 1. The maximum absolute atomic E-state index is 9.81. The van der Waals surface area contributed by atoms with Gasteiger partial charge in [-0.1, -0.05) is 24.3 Å². The Kier molecular flexibility index (Phi) is 4.51. The highest BCUT2D eigenvalue weighted by atomic mass is 32.2. The van der Waals surface area contributed by atoms with Crippen molar-refractivity contribution in [3.8, 4) is 11.3 Å². The summed E-state index contributed by atoms with van der Waals surface area (Å²) in [5, 5.41) is 19.0. The Labute approximate surface area is 175 Å². The molecule has 0 spiro atoms. The van der Waals surface area contributed by atoms with Gasteiger partial charge in [-0.3, -0.25) is 4.98 Å². The monoisotopic (exact) mass is 406 g/mol. The lowest BCUT2D eigenvalue weighted by molar-refractivity contribution is 0.254. The van der Waals surface area contributed by atoms with E-state index in [-0.39, 0.29) is 16.8 Å². The Morgan fingerprint density at radius 3 is 2.62 bits per heavy atom. The first-order chi connectivity index (χ1) is 14.0. The number of hydrogen-bond acceptors (Lipinski definition) is 5. The van der Waals surface area contributed by atoms with Crippen LogP contribution in [-0.4, -0.2) is 42.0 Å². The first-order valence-electron chi connectivity index (χ1n) is 10.2. The van der Waals surface area contributed by atoms with Crippen molar-refractivity contribution in [3.05, 3.63) is 65.4 Å². The van der Waals surface area contributed by atoms with E-state index in [9.17, 15) is 5.11 Å². The summed E-state index contributed by atoms with van der Waals surface area (Å²) in [5.74, 6) is 3.08. The molecule has 5 rings (SSSR count). The molecule has 1 aromatic carbocycles. The second kappa shape index (κ2) is 6.96. The van der Waals surface area contributed by atoms with E-state index in [1.807, 2.05) is 24.0 Å². The fourth-order valence-electron chi connectivity index (χ4n) is 4.35. The smallest absolute Gasteiger partial charge is 0.143 e. The summed E-state index contributed by atoms with van der Waals surface area (Å²) in [5.41, 5.74) is 4.66. The quantitative estimate of drug-likeness (QED) is 0.715. The Bertz CT molecular complexity index is 1040. The highest BCUT2D eigenvalue weighted by Gasteiger charge is 2.50. The van der Waals surface area contributed by atoms with Gasteiger partial charge in [0.2, 0.25) is 0 Å². The molecule has 1 saturated carbocycles. The molecule has 1 atom stereocenters. The molecule has 1 aliphatic carbocycles. The fourth-order valence-corrected chi connectivity index (χ4v) is 5.44. The summed E-state index contributed by atoms with van der Waals surface area (Å²) >= 11 is 1.84. The number of pyridine rings is 1. The summed E-state index contributed by atoms with van der Waals surface area (Å²) in [6.07, 6.45) is 4.84. The lowest BCUT2D eigenvalue weighted by Crippen LogP contribution is -2.28. The second-order valence-electron chi connectivity index (χ2n) is 8.60. The van der Waals surface area contributed by atoms with Crippen LogP contribution in [0.2, 0.25) is 0 Å². The average Bonchev–Trinajstić information content (AvgIpc) is 3.48. The molecule has 150 valence electrons. The van der Waals surface area contributed by atoms with E-state index in [1.54, 1.807) is 0 Å². The lowest BCUT2D eigenvalue weighted by atomic mass is 9.93. The Morgan fingerprint density at radius 1 is 1.14 bits per heavy atom. The standard InChI is InChI=1S/C23H26N4OS/c1-16-7-10-24-19(13-16)17-3-5-18(6-4-17)23(8-9-23)21-26-25-20-14-22(2,15-28)29-12-11-27(20)21/h3-7,10,13,28H,8-9,11-12,14-15H2,1-2H3. The third-order valence-corrected chi connectivity index (χ3v) is 7.64. The molecule has 2 aliphatic rings. The van der Waals surface area contributed by atoms with Crippen molar-refractivity contribution >= 4 is 11.8 Å². The van der Waals surface area contributed by atoms with Gasteiger partial charge >= 0.3 is 0 Å². The molecule has 5 nitrogen and oxygen atoms in total. The van der Waals surface area contributed by atoms with Crippen LogP contribution >= 0.6 is 11.8 Å². The third-order valence-electron chi connectivity index (χ3n) is 6.29. The van der Waals surface area contributed by atoms with E-state index in [0.29, 0.717) is 0 Å². The minimum Gasteiger partial charge on any atom is -0.395 e. The summed E-state index contributed by atoms with van der Waals surface area (Å²) in [6.45, 7) is 5.28. The van der Waals surface area contributed by atoms with E-state index in [0.717, 1.165) is 54.5 Å². The van der Waals surface area contributed by atoms with Gasteiger partial charge in [0, 0.05) is 35.2 Å². The first kappa shape index (κ1) is 18.8. The minimum absolute atomic E-state index is 0.0194. The Morgan fingerprint density at radius 2 is 1.93 bits per heavy atom. The summed E-state index contributed by atoms with van der Waals surface area (Å²) in [4.78, 5) is 4.51. The van der Waals surface area contributed by atoms with Gasteiger partial charge in [-0.2, -0.15) is 11.8 Å². The van der Waals surface area contributed by atoms with E-state index in [4.69, 9.17) is 0 Å². The highest BCUT2D eigenvalue weighted by Crippen LogP contribution is 2.53. The molecule has 0 radical (unpaired) electrons. The van der Waals surface area contributed by atoms with Crippen molar-refractivity contribution < 1.29 is 5.11 Å². The van der Waals surface area contributed by atoms with Crippen molar-refractivity contribution in [2.45, 2.75) is 49.8 Å². The summed E-state index contributed by atoms with van der Waals surface area (Å²) in [6, 6.07) is 13.0. The van der Waals surface area contributed by atoms with E-state index < -0.39 is 0 Å². The predicted octanol–water partition coefficient (Wildman–Crippen LogP) is 3.77. The van der Waals surface area contributed by atoms with Crippen molar-refractivity contribution in [2.24, 2.45) is 0 Å². The van der Waals surface area contributed by atoms with Gasteiger partial charge < -0.3 is 9.67 Å². The maximum Gasteiger partial charge on any atom is 0.143 e. The van der Waals surface area contributed by atoms with Crippen LogP contribution < -0.4 is 0 Å². The lowest BCUT2D eigenvalue weighted by Gasteiger charge is -2.23. The van der Waals surface area contributed by atoms with Crippen molar-refractivity contribution in [1.82, 2.24) is 19.7 Å². The molecule has 0 amide bonds. The van der Waals surface area contributed by atoms with Crippen LogP contribution in [0.1, 0.15) is 42.5 Å². The van der Waals surface area contributed by atoms with Crippen LogP contribution in [0.25, 0.3) is 11.3 Å². The molecule has 3 heterocycles. The van der Waals surface area contributed by atoms with Gasteiger partial charge in [0.1, 0.15) is 11.6 Å². The van der Waals surface area contributed by atoms with E-state index in [2.05, 4.69) is 63.9 Å². The maximum atomic E-state index is 9.81. The third kappa shape index (κ3) is 3.28. The van der Waals surface area contributed by atoms with Gasteiger partial charge in [-0.15, -0.1) is 10.2 Å². The number of aliphatic hydroxyl groups is 1. The molecule has 3 aromatic rings. The van der Waals surface area contributed by atoms with Crippen LogP contribution in [0.5, 0.6) is 0 Å². The van der Waals surface area contributed by atoms with Crippen LogP contribution in [0.4, 0.5) is 0 Å². The SMILES string of the molecule is Cc1ccnc(-c2ccc(C3(c4nnc5n4CCSC(C)(CO)C5)CC3)cc2)c1. The normalized spacial score (nSPS) is 22.7. The van der Waals surface area contributed by atoms with Crippen molar-refractivity contribution in [2.75, 3.05) is 12.4 Å². The molecule has 1 N–H and O–H groups in total. The van der Waals surface area contributed by atoms with Crippen molar-refractivity contribution in [3.63, 3.8) is 0 Å². The van der Waals surface area contributed by atoms with Gasteiger partial charge in [0.05, 0.1) is 17.7 Å². The largest absolute Gasteiger partial charge is 0.395 e. The Balaban J connectivity index is 1.47. The predicted molar refractivity (Wildman–Crippen MR) is 116 cm³/mol. The zero-order valence-corrected chi connectivity index (χ0v) is 17.7. The molecule has 0 bridgehead atoms. The minimum atomic E-state index is -0.169. The Hall–Kier alpha value is -2.18. The first-order valence-corrected chi connectivity index (χ1v) is 11.2. The molecule has 6 heteroatoms. The van der Waals surface area contributed by atoms with E-state index in [1.165, 1.54) is 11.1 Å². The molecule has 1 unspecified atom stereocenters. The van der Waals surface area contributed by atoms with Crippen molar-refractivity contribution in [1.29, 1.82) is 0 Å². The van der Waals surface area contributed by atoms with E-state index >= 15 is 0 Å². The topological polar surface area (TPSA) is 63.8 Å². The number of hydrogen-bond donors (Lipinski definition) is 1. The van der Waals surface area contributed by atoms with Gasteiger partial charge in [0.25, 0.3) is 0 Å². The number of rotatable bonds is 4. The number of aromatic nitrogens is 4. The molecular formula is C23H26N4OS. The van der Waals surface area contributed by atoms with Crippen LogP contribution in [0.15, 0.2) is 42.6 Å². The molecule has 29 heavy (non-hydrogen) atoms. The zero-order valence-electron chi connectivity index (χ0n) is 16.9. The second-order valence-corrected chi connectivity index (χ2v) is 10.3. The molecule has 1 fully saturated rings. The number of nitrogens with zero attached hydrogens (tertiary/aromatic N) is 4. The zero-order chi connectivity index (χ0) is 20.1. The number of fused-ring (bicyclic) bond motifs is 1. The fraction of sp³-hybridized carbons (Fsp3) is 0.435. The molecular weight excluding hydrogens is 380 g/mol. The van der Waals surface area contributed by atoms with Crippen LogP contribution in [0.3, 0.4) is 0 Å². The molecule has 1 aliphatic heterocycles. The van der Waals surface area contributed by atoms with Crippen LogP contribution in [-0.2, 0) is 18.4 Å². The number of aliphatic hydroxyl groups excluding tert-OH is 1. The van der Waals surface area contributed by atoms with Gasteiger partial charge in [-0.05, 0) is 49.9 Å². The average molecular weight is 407 g/mol.